The Labute approximate surface area is 100.0 Å². The molecule has 0 atom stereocenters. The van der Waals surface area contributed by atoms with Gasteiger partial charge < -0.3 is 23.9 Å². The third-order valence-corrected chi connectivity index (χ3v) is 1.78. The van der Waals surface area contributed by atoms with Crippen LogP contribution in [-0.4, -0.2) is 29.2 Å². The minimum atomic E-state index is 0. The molecule has 0 bridgehead atoms. The molecule has 0 radical (unpaired) electrons. The maximum absolute atomic E-state index is 8.61. The second kappa shape index (κ2) is 6.61. The summed E-state index contributed by atoms with van der Waals surface area (Å²) in [5.74, 6) is 0.755. The number of halogens is 1. The zero-order chi connectivity index (χ0) is 11.3. The van der Waals surface area contributed by atoms with Crippen molar-refractivity contribution in [3.05, 3.63) is 23.9 Å². The summed E-state index contributed by atoms with van der Waals surface area (Å²) in [6.07, 6.45) is 1.47. The van der Waals surface area contributed by atoms with Gasteiger partial charge in [0, 0.05) is 6.07 Å². The fourth-order valence-electron chi connectivity index (χ4n) is 1.07. The summed E-state index contributed by atoms with van der Waals surface area (Å²) in [6.45, 7) is 0.460. The van der Waals surface area contributed by atoms with Crippen molar-refractivity contribution < 1.29 is 17.0 Å². The van der Waals surface area contributed by atoms with E-state index in [-0.39, 0.29) is 18.4 Å². The van der Waals surface area contributed by atoms with Crippen molar-refractivity contribution in [1.29, 1.82) is 5.26 Å². The van der Waals surface area contributed by atoms with Crippen LogP contribution in [0.2, 0.25) is 0 Å². The Balaban J connectivity index is 0.00000225. The first kappa shape index (κ1) is 14.2. The van der Waals surface area contributed by atoms with Crippen molar-refractivity contribution in [2.75, 3.05) is 13.7 Å². The maximum Gasteiger partial charge on any atom is 0.306 e. The van der Waals surface area contributed by atoms with E-state index >= 15 is 0 Å². The third kappa shape index (κ3) is 3.38. The average Bonchev–Trinajstić information content (AvgIpc) is 2.26. The van der Waals surface area contributed by atoms with Gasteiger partial charge in [-0.3, -0.25) is 5.32 Å². The molecule has 5 N–H and O–H groups in total. The molecular formula is C9H13ClN6. The lowest BCUT2D eigenvalue weighted by Crippen LogP contribution is -3.00. The van der Waals surface area contributed by atoms with Gasteiger partial charge in [0.15, 0.2) is 0 Å². The Morgan fingerprint density at radius 1 is 1.56 bits per heavy atom. The Bertz CT molecular complexity index is 401. The number of nitrogens with zero attached hydrogens (tertiary/aromatic N) is 3. The van der Waals surface area contributed by atoms with E-state index in [1.165, 1.54) is 6.20 Å². The molecule has 0 aliphatic carbocycles. The lowest BCUT2D eigenvalue weighted by Gasteiger charge is -2.06. The van der Waals surface area contributed by atoms with Crippen molar-refractivity contribution >= 4 is 11.8 Å². The summed E-state index contributed by atoms with van der Waals surface area (Å²) in [6, 6.07) is 5.34. The van der Waals surface area contributed by atoms with Crippen LogP contribution >= 0.6 is 0 Å². The quantitative estimate of drug-likeness (QED) is 0.217. The molecular weight excluding hydrogens is 228 g/mol. The highest BCUT2D eigenvalue weighted by molar-refractivity contribution is 5.71. The molecule has 0 saturated carbocycles. The van der Waals surface area contributed by atoms with Crippen LogP contribution < -0.4 is 29.2 Å². The van der Waals surface area contributed by atoms with Crippen molar-refractivity contribution in [3.63, 3.8) is 0 Å². The summed E-state index contributed by atoms with van der Waals surface area (Å²) in [5.41, 5.74) is 11.5. The first-order chi connectivity index (χ1) is 7.19. The van der Waals surface area contributed by atoms with E-state index in [9.17, 15) is 0 Å². The van der Waals surface area contributed by atoms with Gasteiger partial charge in [0.05, 0.1) is 5.56 Å². The molecule has 1 aromatic heterocycles. The average molecular weight is 241 g/mol. The van der Waals surface area contributed by atoms with Crippen molar-refractivity contribution in [1.82, 2.24) is 10.3 Å². The lowest BCUT2D eigenvalue weighted by molar-refractivity contribution is -0.452. The standard InChI is InChI=1S/C9H12N6.ClH/c1-13-6-15(9(11)12)8-3-2-7(4-10)5-14-8;/h2-3,5,13H,6H2,1H3,(H3,11,12);1H. The van der Waals surface area contributed by atoms with E-state index < -0.39 is 0 Å². The van der Waals surface area contributed by atoms with Crippen LogP contribution in [0.25, 0.3) is 0 Å². The number of guanidine groups is 1. The molecule has 6 nitrogen and oxygen atoms in total. The second-order valence-corrected chi connectivity index (χ2v) is 2.88. The Hall–Kier alpha value is -1.84. The van der Waals surface area contributed by atoms with Gasteiger partial charge >= 0.3 is 5.96 Å². The van der Waals surface area contributed by atoms with Gasteiger partial charge in [0.2, 0.25) is 5.82 Å². The number of nitrogens with two attached hydrogens (primary N) is 2. The molecule has 1 heterocycles. The molecule has 0 fully saturated rings. The van der Waals surface area contributed by atoms with Crippen molar-refractivity contribution in [2.45, 2.75) is 0 Å². The maximum atomic E-state index is 8.61. The number of hydrogen-bond acceptors (Lipinski definition) is 3. The number of rotatable bonds is 3. The number of hydrogen-bond donors (Lipinski definition) is 3. The minimum Gasteiger partial charge on any atom is -1.00 e. The van der Waals surface area contributed by atoms with Crippen molar-refractivity contribution in [3.8, 4) is 6.07 Å². The fourth-order valence-corrected chi connectivity index (χ4v) is 1.07. The van der Waals surface area contributed by atoms with E-state index in [0.717, 1.165) is 0 Å². The topological polar surface area (TPSA) is 104 Å². The molecule has 7 heteroatoms. The van der Waals surface area contributed by atoms with Gasteiger partial charge in [-0.2, -0.15) is 5.26 Å². The largest absolute Gasteiger partial charge is 1.00 e. The second-order valence-electron chi connectivity index (χ2n) is 2.88. The first-order valence-corrected chi connectivity index (χ1v) is 4.35. The Kier molecular flexibility index (Phi) is 5.85. The zero-order valence-corrected chi connectivity index (χ0v) is 9.57. The fraction of sp³-hybridized carbons (Fsp3) is 0.222. The predicted molar refractivity (Wildman–Crippen MR) is 56.2 cm³/mol. The minimum absolute atomic E-state index is 0. The molecule has 16 heavy (non-hydrogen) atoms. The summed E-state index contributed by atoms with van der Waals surface area (Å²) in [5, 5.41) is 11.5. The van der Waals surface area contributed by atoms with E-state index in [1.807, 2.05) is 6.07 Å². The highest BCUT2D eigenvalue weighted by atomic mass is 35.5. The highest BCUT2D eigenvalue weighted by Crippen LogP contribution is 2.06. The van der Waals surface area contributed by atoms with Crippen LogP contribution in [0.15, 0.2) is 18.3 Å². The van der Waals surface area contributed by atoms with Crippen molar-refractivity contribution in [2.24, 2.45) is 11.5 Å². The molecule has 0 aromatic carbocycles. The molecule has 0 aliphatic heterocycles. The van der Waals surface area contributed by atoms with Gasteiger partial charge in [0.25, 0.3) is 0 Å². The van der Waals surface area contributed by atoms with E-state index in [2.05, 4.69) is 10.3 Å². The van der Waals surface area contributed by atoms with E-state index in [1.54, 1.807) is 23.8 Å². The number of nitriles is 1. The molecule has 1 aromatic rings. The molecule has 1 rings (SSSR count). The molecule has 0 amide bonds. The van der Waals surface area contributed by atoms with Gasteiger partial charge in [-0.05, 0) is 13.1 Å². The van der Waals surface area contributed by atoms with E-state index in [0.29, 0.717) is 18.1 Å². The molecule has 86 valence electrons. The Morgan fingerprint density at radius 3 is 2.62 bits per heavy atom. The number of nitrogens with one attached hydrogen (secondary N) is 1. The lowest BCUT2D eigenvalue weighted by atomic mass is 10.3. The molecule has 0 saturated heterocycles. The van der Waals surface area contributed by atoms with Gasteiger partial charge in [-0.1, -0.05) is 0 Å². The van der Waals surface area contributed by atoms with Crippen LogP contribution in [0.1, 0.15) is 5.56 Å². The monoisotopic (exact) mass is 240 g/mol. The number of aromatic nitrogens is 1. The summed E-state index contributed by atoms with van der Waals surface area (Å²) >= 11 is 0. The van der Waals surface area contributed by atoms with Gasteiger partial charge in [-0.15, -0.1) is 4.98 Å². The normalized spacial score (nSPS) is 8.75. The highest BCUT2D eigenvalue weighted by Gasteiger charge is 2.08. The van der Waals surface area contributed by atoms with Crippen LogP contribution in [0.5, 0.6) is 0 Å². The van der Waals surface area contributed by atoms with Crippen LogP contribution in [0, 0.1) is 11.3 Å². The van der Waals surface area contributed by atoms with Gasteiger partial charge in [0.1, 0.15) is 18.9 Å². The van der Waals surface area contributed by atoms with Gasteiger partial charge in [-0.25, -0.2) is 4.58 Å². The van der Waals surface area contributed by atoms with E-state index in [4.69, 9.17) is 16.7 Å². The first-order valence-electron chi connectivity index (χ1n) is 4.35. The summed E-state index contributed by atoms with van der Waals surface area (Å²) in [4.78, 5) is 4.07. The smallest absolute Gasteiger partial charge is 0.306 e. The van der Waals surface area contributed by atoms with Crippen LogP contribution in [-0.2, 0) is 0 Å². The summed E-state index contributed by atoms with van der Waals surface area (Å²) in [7, 11) is 1.78. The summed E-state index contributed by atoms with van der Waals surface area (Å²) < 4.78 is 1.60. The van der Waals surface area contributed by atoms with Crippen LogP contribution in [0.3, 0.4) is 0 Å². The predicted octanol–water partition coefficient (Wildman–Crippen LogP) is -3.95. The molecule has 0 aliphatic rings. The van der Waals surface area contributed by atoms with Crippen LogP contribution in [0.4, 0.5) is 5.82 Å². The third-order valence-electron chi connectivity index (χ3n) is 1.78. The molecule has 0 spiro atoms. The number of pyridine rings is 1. The SMILES string of the molecule is CNC[N+](=C(N)N)c1ccc(C#N)cn1.[Cl-]. The zero-order valence-electron chi connectivity index (χ0n) is 8.81. The Morgan fingerprint density at radius 2 is 2.25 bits per heavy atom. The molecule has 0 unspecified atom stereocenters.